The molecule has 0 radical (unpaired) electrons. The van der Waals surface area contributed by atoms with E-state index >= 15 is 0 Å². The van der Waals surface area contributed by atoms with Crippen molar-refractivity contribution in [2.75, 3.05) is 18.1 Å². The highest BCUT2D eigenvalue weighted by molar-refractivity contribution is 7.99. The SMILES string of the molecule is Nc1ccc(Cl)cc1SCCc1ccc2c(c1)CCO2. The van der Waals surface area contributed by atoms with E-state index in [1.54, 1.807) is 11.8 Å². The molecule has 2 N–H and O–H groups in total. The van der Waals surface area contributed by atoms with Crippen LogP contribution in [-0.2, 0) is 12.8 Å². The predicted octanol–water partition coefficient (Wildman–Crippen LogP) is 4.19. The molecule has 0 fully saturated rings. The highest BCUT2D eigenvalue weighted by Crippen LogP contribution is 2.30. The maximum absolute atomic E-state index is 5.99. The van der Waals surface area contributed by atoms with Crippen LogP contribution >= 0.6 is 23.4 Å². The summed E-state index contributed by atoms with van der Waals surface area (Å²) in [7, 11) is 0. The molecule has 0 atom stereocenters. The van der Waals surface area contributed by atoms with Crippen molar-refractivity contribution < 1.29 is 4.74 Å². The van der Waals surface area contributed by atoms with Crippen LogP contribution in [0.15, 0.2) is 41.3 Å². The van der Waals surface area contributed by atoms with Gasteiger partial charge in [-0.15, -0.1) is 11.8 Å². The minimum absolute atomic E-state index is 0.733. The van der Waals surface area contributed by atoms with Crippen molar-refractivity contribution in [3.05, 3.63) is 52.5 Å². The van der Waals surface area contributed by atoms with Gasteiger partial charge < -0.3 is 10.5 Å². The van der Waals surface area contributed by atoms with Gasteiger partial charge in [-0.1, -0.05) is 23.7 Å². The molecule has 0 bridgehead atoms. The van der Waals surface area contributed by atoms with Crippen LogP contribution in [0.1, 0.15) is 11.1 Å². The van der Waals surface area contributed by atoms with Gasteiger partial charge in [0.1, 0.15) is 5.75 Å². The first-order chi connectivity index (χ1) is 9.72. The Morgan fingerprint density at radius 1 is 1.20 bits per heavy atom. The molecule has 0 aliphatic carbocycles. The number of nitrogens with two attached hydrogens (primary N) is 1. The lowest BCUT2D eigenvalue weighted by molar-refractivity contribution is 0.357. The summed E-state index contributed by atoms with van der Waals surface area (Å²) in [5.74, 6) is 2.03. The number of rotatable bonds is 4. The lowest BCUT2D eigenvalue weighted by atomic mass is 10.1. The molecule has 0 saturated heterocycles. The molecule has 0 spiro atoms. The molecule has 0 aromatic heterocycles. The summed E-state index contributed by atoms with van der Waals surface area (Å²) in [6, 6.07) is 12.1. The molecular formula is C16H16ClNOS. The normalized spacial score (nSPS) is 13.1. The van der Waals surface area contributed by atoms with Crippen molar-refractivity contribution in [2.24, 2.45) is 0 Å². The Balaban J connectivity index is 1.61. The number of thioether (sulfide) groups is 1. The van der Waals surface area contributed by atoms with Crippen molar-refractivity contribution >= 4 is 29.1 Å². The van der Waals surface area contributed by atoms with Gasteiger partial charge in [0.05, 0.1) is 6.61 Å². The zero-order valence-corrected chi connectivity index (χ0v) is 12.6. The molecule has 20 heavy (non-hydrogen) atoms. The van der Waals surface area contributed by atoms with Crippen LogP contribution in [0.4, 0.5) is 5.69 Å². The molecule has 0 saturated carbocycles. The van der Waals surface area contributed by atoms with E-state index in [2.05, 4.69) is 18.2 Å². The first-order valence-electron chi connectivity index (χ1n) is 6.65. The predicted molar refractivity (Wildman–Crippen MR) is 85.9 cm³/mol. The molecule has 104 valence electrons. The van der Waals surface area contributed by atoms with Gasteiger partial charge in [-0.25, -0.2) is 0 Å². The summed E-state index contributed by atoms with van der Waals surface area (Å²) in [6.45, 7) is 0.812. The van der Waals surface area contributed by atoms with E-state index in [1.807, 2.05) is 18.2 Å². The van der Waals surface area contributed by atoms with Gasteiger partial charge in [-0.2, -0.15) is 0 Å². The quantitative estimate of drug-likeness (QED) is 0.679. The van der Waals surface area contributed by atoms with Crippen LogP contribution < -0.4 is 10.5 Å². The summed E-state index contributed by atoms with van der Waals surface area (Å²) < 4.78 is 5.52. The van der Waals surface area contributed by atoms with Crippen molar-refractivity contribution in [2.45, 2.75) is 17.7 Å². The molecule has 2 nitrogen and oxygen atoms in total. The Kier molecular flexibility index (Phi) is 4.08. The average molecular weight is 306 g/mol. The van der Waals surface area contributed by atoms with Gasteiger partial charge in [0, 0.05) is 27.8 Å². The zero-order chi connectivity index (χ0) is 13.9. The van der Waals surface area contributed by atoms with E-state index in [4.69, 9.17) is 22.1 Å². The third-order valence-corrected chi connectivity index (χ3v) is 4.69. The number of ether oxygens (including phenoxy) is 1. The van der Waals surface area contributed by atoms with E-state index < -0.39 is 0 Å². The number of anilines is 1. The van der Waals surface area contributed by atoms with Crippen molar-refractivity contribution in [3.63, 3.8) is 0 Å². The second-order valence-corrected chi connectivity index (χ2v) is 6.39. The van der Waals surface area contributed by atoms with Gasteiger partial charge in [0.25, 0.3) is 0 Å². The molecule has 1 aliphatic heterocycles. The Bertz CT molecular complexity index is 630. The van der Waals surface area contributed by atoms with Crippen LogP contribution in [0.2, 0.25) is 5.02 Å². The van der Waals surface area contributed by atoms with Gasteiger partial charge >= 0.3 is 0 Å². The van der Waals surface area contributed by atoms with E-state index in [0.29, 0.717) is 0 Å². The molecule has 0 amide bonds. The molecule has 2 aromatic rings. The monoisotopic (exact) mass is 305 g/mol. The number of halogens is 1. The van der Waals surface area contributed by atoms with Crippen LogP contribution in [-0.4, -0.2) is 12.4 Å². The van der Waals surface area contributed by atoms with Gasteiger partial charge in [0.15, 0.2) is 0 Å². The molecule has 0 unspecified atom stereocenters. The molecule has 3 rings (SSSR count). The Morgan fingerprint density at radius 3 is 3.00 bits per heavy atom. The fraction of sp³-hybridized carbons (Fsp3) is 0.250. The van der Waals surface area contributed by atoms with Crippen LogP contribution in [0.3, 0.4) is 0 Å². The lowest BCUT2D eigenvalue weighted by Crippen LogP contribution is -1.92. The maximum Gasteiger partial charge on any atom is 0.122 e. The van der Waals surface area contributed by atoms with E-state index in [-0.39, 0.29) is 0 Å². The molecular weight excluding hydrogens is 290 g/mol. The standard InChI is InChI=1S/C16H16ClNOS/c17-13-2-3-14(18)16(10-13)20-8-6-11-1-4-15-12(9-11)5-7-19-15/h1-4,9-10H,5-8,18H2. The van der Waals surface area contributed by atoms with Crippen LogP contribution in [0.5, 0.6) is 5.75 Å². The smallest absolute Gasteiger partial charge is 0.122 e. The third kappa shape index (κ3) is 3.05. The topological polar surface area (TPSA) is 35.2 Å². The molecule has 4 heteroatoms. The molecule has 2 aromatic carbocycles. The van der Waals surface area contributed by atoms with Crippen molar-refractivity contribution in [1.29, 1.82) is 0 Å². The molecule has 1 heterocycles. The second kappa shape index (κ2) is 5.98. The zero-order valence-electron chi connectivity index (χ0n) is 11.1. The first-order valence-corrected chi connectivity index (χ1v) is 8.01. The van der Waals surface area contributed by atoms with E-state index in [1.165, 1.54) is 11.1 Å². The second-order valence-electron chi connectivity index (χ2n) is 4.82. The lowest BCUT2D eigenvalue weighted by Gasteiger charge is -2.07. The van der Waals surface area contributed by atoms with E-state index in [0.717, 1.165) is 46.6 Å². The number of benzene rings is 2. The fourth-order valence-corrected chi connectivity index (χ4v) is 3.55. The fourth-order valence-electron chi connectivity index (χ4n) is 2.31. The van der Waals surface area contributed by atoms with Crippen molar-refractivity contribution in [1.82, 2.24) is 0 Å². The Labute approximate surface area is 128 Å². The van der Waals surface area contributed by atoms with Gasteiger partial charge in [-0.3, -0.25) is 0 Å². The maximum atomic E-state index is 5.99. The van der Waals surface area contributed by atoms with Crippen molar-refractivity contribution in [3.8, 4) is 5.75 Å². The van der Waals surface area contributed by atoms with Gasteiger partial charge in [-0.05, 0) is 41.8 Å². The van der Waals surface area contributed by atoms with Gasteiger partial charge in [0.2, 0.25) is 0 Å². The van der Waals surface area contributed by atoms with Crippen LogP contribution in [0, 0.1) is 0 Å². The summed E-state index contributed by atoms with van der Waals surface area (Å²) in [5, 5.41) is 0.733. The number of hydrogen-bond donors (Lipinski definition) is 1. The summed E-state index contributed by atoms with van der Waals surface area (Å²) in [4.78, 5) is 1.06. The van der Waals surface area contributed by atoms with E-state index in [9.17, 15) is 0 Å². The largest absolute Gasteiger partial charge is 0.493 e. The Hall–Kier alpha value is -1.32. The number of aryl methyl sites for hydroxylation is 1. The molecule has 1 aliphatic rings. The number of hydrogen-bond acceptors (Lipinski definition) is 3. The number of nitrogen functional groups attached to an aromatic ring is 1. The minimum atomic E-state index is 0.733. The minimum Gasteiger partial charge on any atom is -0.493 e. The summed E-state index contributed by atoms with van der Waals surface area (Å²) >= 11 is 7.74. The average Bonchev–Trinajstić information content (AvgIpc) is 2.90. The highest BCUT2D eigenvalue weighted by Gasteiger charge is 2.11. The highest BCUT2D eigenvalue weighted by atomic mass is 35.5. The van der Waals surface area contributed by atoms with Crippen LogP contribution in [0.25, 0.3) is 0 Å². The summed E-state index contributed by atoms with van der Waals surface area (Å²) in [6.07, 6.45) is 2.04. The summed E-state index contributed by atoms with van der Waals surface area (Å²) in [5.41, 5.74) is 9.42. The Morgan fingerprint density at radius 2 is 2.10 bits per heavy atom. The third-order valence-electron chi connectivity index (χ3n) is 3.38. The number of fused-ring (bicyclic) bond motifs is 1. The first kappa shape index (κ1) is 13.7.